The Morgan fingerprint density at radius 2 is 1.50 bits per heavy atom. The van der Waals surface area contributed by atoms with E-state index < -0.39 is 5.60 Å². The molecular weight excluding hydrogens is 274 g/mol. The Hall–Kier alpha value is -0.730. The van der Waals surface area contributed by atoms with Crippen molar-refractivity contribution in [2.75, 3.05) is 0 Å². The molecule has 3 nitrogen and oxygen atoms in total. The normalized spacial score (nSPS) is 38.6. The minimum atomic E-state index is -0.400. The van der Waals surface area contributed by atoms with Gasteiger partial charge in [-0.3, -0.25) is 0 Å². The quantitative estimate of drug-likeness (QED) is 0.788. The first kappa shape index (κ1) is 16.1. The van der Waals surface area contributed by atoms with Crippen LogP contribution in [0.3, 0.4) is 0 Å². The first-order valence-electron chi connectivity index (χ1n) is 9.42. The Morgan fingerprint density at radius 1 is 0.909 bits per heavy atom. The lowest BCUT2D eigenvalue weighted by atomic mass is 9.60. The van der Waals surface area contributed by atoms with Gasteiger partial charge in [-0.15, -0.1) is 0 Å². The molecular formula is C19H33NO2. The third kappa shape index (κ3) is 3.78. The van der Waals surface area contributed by atoms with E-state index >= 15 is 0 Å². The van der Waals surface area contributed by atoms with Crippen molar-refractivity contribution in [3.63, 3.8) is 0 Å². The van der Waals surface area contributed by atoms with Gasteiger partial charge >= 0.3 is 6.09 Å². The monoisotopic (exact) mass is 307 g/mol. The Labute approximate surface area is 135 Å². The fraction of sp³-hybridized carbons (Fsp3) is 0.947. The Bertz CT molecular complexity index is 379. The zero-order valence-electron chi connectivity index (χ0n) is 14.6. The SMILES string of the molecule is CC(C)(C)OC(=O)N[C@H]1CCC(C2C3CCCC2CCC3)C1. The molecule has 0 aromatic carbocycles. The Balaban J connectivity index is 1.53. The molecule has 0 radical (unpaired) electrons. The van der Waals surface area contributed by atoms with E-state index in [0.29, 0.717) is 6.04 Å². The summed E-state index contributed by atoms with van der Waals surface area (Å²) in [5.74, 6) is 3.76. The van der Waals surface area contributed by atoms with Gasteiger partial charge in [0.1, 0.15) is 5.60 Å². The van der Waals surface area contributed by atoms with Crippen molar-refractivity contribution < 1.29 is 9.53 Å². The summed E-state index contributed by atoms with van der Waals surface area (Å²) >= 11 is 0. The maximum atomic E-state index is 12.0. The molecule has 0 aromatic rings. The van der Waals surface area contributed by atoms with Gasteiger partial charge in [0.05, 0.1) is 0 Å². The summed E-state index contributed by atoms with van der Waals surface area (Å²) in [5.41, 5.74) is -0.400. The maximum Gasteiger partial charge on any atom is 0.407 e. The molecule has 1 N–H and O–H groups in total. The van der Waals surface area contributed by atoms with E-state index in [1.807, 2.05) is 20.8 Å². The molecule has 3 aliphatic rings. The highest BCUT2D eigenvalue weighted by atomic mass is 16.6. The van der Waals surface area contributed by atoms with Gasteiger partial charge in [0.15, 0.2) is 0 Å². The van der Waals surface area contributed by atoms with Crippen LogP contribution in [0.1, 0.15) is 78.6 Å². The summed E-state index contributed by atoms with van der Waals surface area (Å²) in [7, 11) is 0. The minimum Gasteiger partial charge on any atom is -0.444 e. The van der Waals surface area contributed by atoms with E-state index in [4.69, 9.17) is 4.74 Å². The second-order valence-electron chi connectivity index (χ2n) is 8.88. The van der Waals surface area contributed by atoms with E-state index in [1.165, 1.54) is 51.4 Å². The Kier molecular flexibility index (Phi) is 4.70. The smallest absolute Gasteiger partial charge is 0.407 e. The van der Waals surface area contributed by atoms with E-state index in [2.05, 4.69) is 5.32 Å². The van der Waals surface area contributed by atoms with Crippen LogP contribution in [0.5, 0.6) is 0 Å². The molecule has 0 aromatic heterocycles. The van der Waals surface area contributed by atoms with Crippen LogP contribution < -0.4 is 5.32 Å². The molecule has 3 saturated carbocycles. The number of nitrogens with one attached hydrogen (secondary N) is 1. The highest BCUT2D eigenvalue weighted by molar-refractivity contribution is 5.68. The van der Waals surface area contributed by atoms with Crippen LogP contribution in [0.4, 0.5) is 4.79 Å². The molecule has 1 unspecified atom stereocenters. The predicted octanol–water partition coefficient (Wildman–Crippen LogP) is 4.90. The van der Waals surface area contributed by atoms with Crippen molar-refractivity contribution >= 4 is 6.09 Å². The van der Waals surface area contributed by atoms with Crippen molar-refractivity contribution in [2.24, 2.45) is 23.7 Å². The number of fused-ring (bicyclic) bond motifs is 2. The molecule has 0 spiro atoms. The van der Waals surface area contributed by atoms with E-state index in [0.717, 1.165) is 30.1 Å². The number of alkyl carbamates (subject to hydrolysis) is 1. The van der Waals surface area contributed by atoms with Gasteiger partial charge < -0.3 is 10.1 Å². The largest absolute Gasteiger partial charge is 0.444 e. The third-order valence-electron chi connectivity index (χ3n) is 6.13. The molecule has 0 saturated heterocycles. The molecule has 22 heavy (non-hydrogen) atoms. The van der Waals surface area contributed by atoms with Gasteiger partial charge in [0.25, 0.3) is 0 Å². The minimum absolute atomic E-state index is 0.234. The zero-order chi connectivity index (χ0) is 15.7. The van der Waals surface area contributed by atoms with Crippen LogP contribution in [0.15, 0.2) is 0 Å². The second-order valence-corrected chi connectivity index (χ2v) is 8.88. The van der Waals surface area contributed by atoms with Crippen LogP contribution >= 0.6 is 0 Å². The summed E-state index contributed by atoms with van der Waals surface area (Å²) in [5, 5.41) is 3.11. The number of hydrogen-bond acceptors (Lipinski definition) is 2. The number of carbonyl (C=O) groups excluding carboxylic acids is 1. The lowest BCUT2D eigenvalue weighted by molar-refractivity contribution is 0.0423. The number of carbonyl (C=O) groups is 1. The highest BCUT2D eigenvalue weighted by Crippen LogP contribution is 2.51. The first-order chi connectivity index (χ1) is 10.4. The van der Waals surface area contributed by atoms with Crippen molar-refractivity contribution in [2.45, 2.75) is 90.2 Å². The number of ether oxygens (including phenoxy) is 1. The van der Waals surface area contributed by atoms with Gasteiger partial charge in [0, 0.05) is 6.04 Å². The van der Waals surface area contributed by atoms with E-state index in [-0.39, 0.29) is 6.09 Å². The first-order valence-corrected chi connectivity index (χ1v) is 9.42. The van der Waals surface area contributed by atoms with Crippen molar-refractivity contribution in [1.82, 2.24) is 5.32 Å². The fourth-order valence-electron chi connectivity index (χ4n) is 5.47. The maximum absolute atomic E-state index is 12.0. The van der Waals surface area contributed by atoms with Crippen LogP contribution in [0, 0.1) is 23.7 Å². The molecule has 126 valence electrons. The average molecular weight is 307 g/mol. The van der Waals surface area contributed by atoms with E-state index in [1.54, 1.807) is 0 Å². The molecule has 2 bridgehead atoms. The molecule has 0 heterocycles. The predicted molar refractivity (Wildman–Crippen MR) is 88.7 cm³/mol. The van der Waals surface area contributed by atoms with Gasteiger partial charge in [-0.1, -0.05) is 38.5 Å². The van der Waals surface area contributed by atoms with Crippen molar-refractivity contribution in [3.8, 4) is 0 Å². The third-order valence-corrected chi connectivity index (χ3v) is 6.13. The summed E-state index contributed by atoms with van der Waals surface area (Å²) < 4.78 is 5.40. The Morgan fingerprint density at radius 3 is 2.05 bits per heavy atom. The lowest BCUT2D eigenvalue weighted by Gasteiger charge is -2.46. The average Bonchev–Trinajstić information content (AvgIpc) is 2.83. The molecule has 3 heteroatoms. The highest BCUT2D eigenvalue weighted by Gasteiger charge is 2.43. The second kappa shape index (κ2) is 6.41. The van der Waals surface area contributed by atoms with Crippen LogP contribution in [-0.4, -0.2) is 17.7 Å². The van der Waals surface area contributed by atoms with E-state index in [9.17, 15) is 4.79 Å². The number of amides is 1. The van der Waals surface area contributed by atoms with Gasteiger partial charge in [-0.25, -0.2) is 4.79 Å². The van der Waals surface area contributed by atoms with Crippen LogP contribution in [0.2, 0.25) is 0 Å². The summed E-state index contributed by atoms with van der Waals surface area (Å²) in [4.78, 5) is 12.0. The van der Waals surface area contributed by atoms with Gasteiger partial charge in [-0.05, 0) is 63.7 Å². The number of rotatable bonds is 2. The van der Waals surface area contributed by atoms with Crippen LogP contribution in [-0.2, 0) is 4.74 Å². The molecule has 2 atom stereocenters. The fourth-order valence-corrected chi connectivity index (χ4v) is 5.47. The molecule has 3 fully saturated rings. The molecule has 1 amide bonds. The molecule has 0 aliphatic heterocycles. The van der Waals surface area contributed by atoms with Gasteiger partial charge in [-0.2, -0.15) is 0 Å². The van der Waals surface area contributed by atoms with Crippen molar-refractivity contribution in [3.05, 3.63) is 0 Å². The van der Waals surface area contributed by atoms with Gasteiger partial charge in [0.2, 0.25) is 0 Å². The lowest BCUT2D eigenvalue weighted by Crippen LogP contribution is -2.39. The topological polar surface area (TPSA) is 38.3 Å². The molecule has 3 aliphatic carbocycles. The molecule has 3 rings (SSSR count). The summed E-state index contributed by atoms with van der Waals surface area (Å²) in [6, 6.07) is 0.336. The standard InChI is InChI=1S/C19H33NO2/c1-19(2,3)22-18(21)20-16-11-10-15(12-16)17-13-6-4-7-14(17)9-5-8-13/h13-17H,4-12H2,1-3H3,(H,20,21)/t13?,14?,15?,16-,17?/m0/s1. The van der Waals surface area contributed by atoms with Crippen LogP contribution in [0.25, 0.3) is 0 Å². The summed E-state index contributed by atoms with van der Waals surface area (Å²) in [6.07, 6.45) is 12.1. The number of hydrogen-bond donors (Lipinski definition) is 1. The summed E-state index contributed by atoms with van der Waals surface area (Å²) in [6.45, 7) is 5.77. The van der Waals surface area contributed by atoms with Crippen molar-refractivity contribution in [1.29, 1.82) is 0 Å². The zero-order valence-corrected chi connectivity index (χ0v) is 14.6.